The van der Waals surface area contributed by atoms with E-state index in [4.69, 9.17) is 9.15 Å². The van der Waals surface area contributed by atoms with E-state index in [2.05, 4.69) is 15.2 Å². The van der Waals surface area contributed by atoms with Crippen molar-refractivity contribution in [2.75, 3.05) is 6.61 Å². The topological polar surface area (TPSA) is 100 Å². The molecule has 0 bridgehead atoms. The number of fused-ring (bicyclic) bond motifs is 1. The molecule has 0 amide bonds. The van der Waals surface area contributed by atoms with Crippen LogP contribution in [0.15, 0.2) is 62.6 Å². The van der Waals surface area contributed by atoms with Crippen LogP contribution in [0.25, 0.3) is 23.1 Å². The number of para-hydroxylation sites is 1. The Hall–Kier alpha value is -3.61. The lowest BCUT2D eigenvalue weighted by atomic mass is 10.1. The van der Waals surface area contributed by atoms with Crippen molar-refractivity contribution in [1.82, 2.24) is 10.2 Å². The van der Waals surface area contributed by atoms with Gasteiger partial charge in [-0.2, -0.15) is 0 Å². The zero-order valence-corrected chi connectivity index (χ0v) is 13.9. The summed E-state index contributed by atoms with van der Waals surface area (Å²) in [5.41, 5.74) is 1.20. The number of hydrogen-bond acceptors (Lipinski definition) is 5. The van der Waals surface area contributed by atoms with Crippen molar-refractivity contribution >= 4 is 17.6 Å². The molecule has 3 heterocycles. The summed E-state index contributed by atoms with van der Waals surface area (Å²) in [6, 6.07) is 10.7. The van der Waals surface area contributed by atoms with E-state index in [0.29, 0.717) is 38.9 Å². The van der Waals surface area contributed by atoms with Gasteiger partial charge in [0.2, 0.25) is 0 Å². The van der Waals surface area contributed by atoms with Crippen molar-refractivity contribution in [3.63, 3.8) is 0 Å². The Morgan fingerprint density at radius 3 is 2.85 bits per heavy atom. The first-order valence-corrected chi connectivity index (χ1v) is 8.11. The zero-order valence-electron chi connectivity index (χ0n) is 13.9. The van der Waals surface area contributed by atoms with Gasteiger partial charge in [0.1, 0.15) is 5.69 Å². The quantitative estimate of drug-likeness (QED) is 0.694. The minimum atomic E-state index is -0.473. The van der Waals surface area contributed by atoms with E-state index in [0.717, 1.165) is 0 Å². The lowest BCUT2D eigenvalue weighted by Gasteiger charge is -2.04. The smallest absolute Gasteiger partial charge is 0.341 e. The molecule has 2 aromatic heterocycles. The summed E-state index contributed by atoms with van der Waals surface area (Å²) in [6.07, 6.45) is 3.09. The van der Waals surface area contributed by atoms with Gasteiger partial charge in [-0.3, -0.25) is 15.0 Å². The number of rotatable bonds is 4. The lowest BCUT2D eigenvalue weighted by Crippen LogP contribution is -2.25. The summed E-state index contributed by atoms with van der Waals surface area (Å²) in [5.74, 6) is 0.0300. The van der Waals surface area contributed by atoms with Crippen molar-refractivity contribution in [2.45, 2.75) is 6.92 Å². The number of carbonyl (C=O) groups excluding carboxylic acids is 1. The molecule has 7 heteroatoms. The Kier molecular flexibility index (Phi) is 3.89. The predicted molar refractivity (Wildman–Crippen MR) is 94.4 cm³/mol. The van der Waals surface area contributed by atoms with Crippen LogP contribution in [0.1, 0.15) is 12.5 Å². The molecule has 130 valence electrons. The first-order chi connectivity index (χ1) is 12.7. The summed E-state index contributed by atoms with van der Waals surface area (Å²) in [6.45, 7) is 1.99. The molecule has 1 aliphatic heterocycles. The number of carbonyl (C=O) groups is 1. The van der Waals surface area contributed by atoms with Gasteiger partial charge in [0, 0.05) is 5.22 Å². The lowest BCUT2D eigenvalue weighted by molar-refractivity contribution is -0.136. The largest absolute Gasteiger partial charge is 0.463 e. The van der Waals surface area contributed by atoms with E-state index in [1.807, 2.05) is 18.2 Å². The van der Waals surface area contributed by atoms with E-state index < -0.39 is 5.97 Å². The predicted octanol–water partition coefficient (Wildman–Crippen LogP) is 1.35. The third-order valence-corrected chi connectivity index (χ3v) is 4.01. The first kappa shape index (κ1) is 15.9. The third-order valence-electron chi connectivity index (χ3n) is 4.01. The molecule has 0 atom stereocenters. The molecule has 4 rings (SSSR count). The SMILES string of the molecule is CCOC(=O)C1=c2ccccc2=N/C1=C/c1c(-c2ccco2)[nH][nH]c1=O. The van der Waals surface area contributed by atoms with E-state index in [9.17, 15) is 9.59 Å². The molecular weight excluding hydrogens is 334 g/mol. The number of nitrogens with one attached hydrogen (secondary N) is 2. The van der Waals surface area contributed by atoms with Crippen LogP contribution in [-0.4, -0.2) is 22.8 Å². The molecule has 0 spiro atoms. The molecule has 0 aliphatic carbocycles. The van der Waals surface area contributed by atoms with Gasteiger partial charge in [-0.1, -0.05) is 18.2 Å². The fourth-order valence-electron chi connectivity index (χ4n) is 2.89. The van der Waals surface area contributed by atoms with Crippen LogP contribution in [-0.2, 0) is 9.53 Å². The summed E-state index contributed by atoms with van der Waals surface area (Å²) >= 11 is 0. The molecule has 7 nitrogen and oxygen atoms in total. The van der Waals surface area contributed by atoms with E-state index in [-0.39, 0.29) is 12.2 Å². The number of hydrogen-bond donors (Lipinski definition) is 2. The van der Waals surface area contributed by atoms with Crippen LogP contribution >= 0.6 is 0 Å². The molecule has 26 heavy (non-hydrogen) atoms. The second kappa shape index (κ2) is 6.36. The van der Waals surface area contributed by atoms with Gasteiger partial charge in [0.05, 0.1) is 35.1 Å². The fraction of sp³-hybridized carbons (Fsp3) is 0.105. The van der Waals surface area contributed by atoms with Gasteiger partial charge in [-0.15, -0.1) is 0 Å². The third kappa shape index (κ3) is 2.59. The van der Waals surface area contributed by atoms with E-state index >= 15 is 0 Å². The Labute approximate surface area is 147 Å². The molecule has 3 aromatic rings. The molecule has 0 saturated heterocycles. The number of furan rings is 1. The summed E-state index contributed by atoms with van der Waals surface area (Å²) in [7, 11) is 0. The minimum Gasteiger partial charge on any atom is -0.463 e. The monoisotopic (exact) mass is 349 g/mol. The maximum atomic E-state index is 12.5. The number of aromatic nitrogens is 2. The molecule has 0 unspecified atom stereocenters. The average Bonchev–Trinajstić information content (AvgIpc) is 3.35. The van der Waals surface area contributed by atoms with Crippen molar-refractivity contribution < 1.29 is 13.9 Å². The molecular formula is C19H15N3O4. The summed E-state index contributed by atoms with van der Waals surface area (Å²) in [4.78, 5) is 29.2. The zero-order chi connectivity index (χ0) is 18.1. The van der Waals surface area contributed by atoms with Gasteiger partial charge < -0.3 is 9.15 Å². The number of nitrogens with zero attached hydrogens (tertiary/aromatic N) is 1. The standard InChI is InChI=1S/C19H15N3O4/c1-2-25-19(24)16-11-6-3-4-7-13(11)20-14(16)10-12-17(21-22-18(12)23)15-8-5-9-26-15/h3-10H,2H2,1H3,(H2,21,22,23)/b14-10+. The van der Waals surface area contributed by atoms with Crippen LogP contribution < -0.4 is 16.1 Å². The highest BCUT2D eigenvalue weighted by Crippen LogP contribution is 2.24. The van der Waals surface area contributed by atoms with Crippen molar-refractivity contribution in [3.8, 4) is 11.5 Å². The van der Waals surface area contributed by atoms with Gasteiger partial charge in [-0.05, 0) is 31.2 Å². The molecule has 1 aromatic carbocycles. The van der Waals surface area contributed by atoms with E-state index in [1.165, 1.54) is 6.26 Å². The van der Waals surface area contributed by atoms with Crippen molar-refractivity contribution in [2.24, 2.45) is 4.99 Å². The molecule has 0 fully saturated rings. The highest BCUT2D eigenvalue weighted by Gasteiger charge is 2.23. The highest BCUT2D eigenvalue weighted by molar-refractivity contribution is 6.17. The second-order valence-electron chi connectivity index (χ2n) is 5.60. The molecule has 0 saturated carbocycles. The Balaban J connectivity index is 1.92. The van der Waals surface area contributed by atoms with Crippen LogP contribution in [0.2, 0.25) is 0 Å². The molecule has 2 N–H and O–H groups in total. The maximum Gasteiger partial charge on any atom is 0.341 e. The number of aromatic amines is 2. The second-order valence-corrected chi connectivity index (χ2v) is 5.60. The number of benzene rings is 1. The van der Waals surface area contributed by atoms with Gasteiger partial charge in [0.25, 0.3) is 5.56 Å². The summed E-state index contributed by atoms with van der Waals surface area (Å²) < 4.78 is 10.5. The first-order valence-electron chi connectivity index (χ1n) is 8.11. The van der Waals surface area contributed by atoms with Crippen molar-refractivity contribution in [1.29, 1.82) is 0 Å². The van der Waals surface area contributed by atoms with Crippen LogP contribution in [0.5, 0.6) is 0 Å². The number of H-pyrrole nitrogens is 2. The van der Waals surface area contributed by atoms with Gasteiger partial charge in [-0.25, -0.2) is 9.79 Å². The van der Waals surface area contributed by atoms with E-state index in [1.54, 1.807) is 31.2 Å². The maximum absolute atomic E-state index is 12.5. The minimum absolute atomic E-state index is 0.250. The van der Waals surface area contributed by atoms with Gasteiger partial charge in [0.15, 0.2) is 5.76 Å². The number of ether oxygens (including phenoxy) is 1. The van der Waals surface area contributed by atoms with Gasteiger partial charge >= 0.3 is 5.97 Å². The highest BCUT2D eigenvalue weighted by atomic mass is 16.5. The van der Waals surface area contributed by atoms with Crippen molar-refractivity contribution in [3.05, 3.63) is 74.9 Å². The Morgan fingerprint density at radius 1 is 1.23 bits per heavy atom. The normalized spacial score (nSPS) is 14.3. The fourth-order valence-corrected chi connectivity index (χ4v) is 2.89. The Bertz CT molecular complexity index is 1180. The van der Waals surface area contributed by atoms with Crippen LogP contribution in [0.4, 0.5) is 0 Å². The van der Waals surface area contributed by atoms with Crippen LogP contribution in [0, 0.1) is 0 Å². The Morgan fingerprint density at radius 2 is 2.08 bits per heavy atom. The average molecular weight is 349 g/mol. The van der Waals surface area contributed by atoms with Crippen LogP contribution in [0.3, 0.4) is 0 Å². The number of esters is 1. The molecule has 0 radical (unpaired) electrons. The molecule has 1 aliphatic rings. The summed E-state index contributed by atoms with van der Waals surface area (Å²) in [5, 5.41) is 6.68.